The van der Waals surface area contributed by atoms with Crippen molar-refractivity contribution in [2.45, 2.75) is 36.6 Å². The van der Waals surface area contributed by atoms with Crippen LogP contribution in [0.5, 0.6) is 0 Å². The number of benzene rings is 1. The first-order valence-corrected chi connectivity index (χ1v) is 8.32. The largest absolute Gasteiger partial charge is 0.264 e. The van der Waals surface area contributed by atoms with Gasteiger partial charge < -0.3 is 0 Å². The minimum atomic E-state index is -3.39. The van der Waals surface area contributed by atoms with Crippen molar-refractivity contribution in [2.75, 3.05) is 0 Å². The second kappa shape index (κ2) is 3.82. The Kier molecular flexibility index (Phi) is 2.31. The normalized spacial score (nSPS) is 36.4. The summed E-state index contributed by atoms with van der Waals surface area (Å²) in [7, 11) is -3.39. The zero-order chi connectivity index (χ0) is 13.0. The van der Waals surface area contributed by atoms with Crippen LogP contribution < -0.4 is 4.72 Å². The van der Waals surface area contributed by atoms with Crippen LogP contribution in [0.2, 0.25) is 0 Å². The first-order chi connectivity index (χ1) is 9.13. The molecule has 1 aromatic carbocycles. The van der Waals surface area contributed by atoms with Crippen LogP contribution in [0.15, 0.2) is 34.2 Å². The second-order valence-corrected chi connectivity index (χ2v) is 7.47. The first-order valence-electron chi connectivity index (χ1n) is 6.83. The SMILES string of the molecule is O=S1(=O)NC(=NC2CC3CCC2C3)c2ccccc21. The van der Waals surface area contributed by atoms with Crippen molar-refractivity contribution >= 4 is 15.9 Å². The molecule has 19 heavy (non-hydrogen) atoms. The Morgan fingerprint density at radius 3 is 2.74 bits per heavy atom. The van der Waals surface area contributed by atoms with Gasteiger partial charge in [-0.25, -0.2) is 8.42 Å². The van der Waals surface area contributed by atoms with Crippen LogP contribution >= 0.6 is 0 Å². The topological polar surface area (TPSA) is 58.5 Å². The highest BCUT2D eigenvalue weighted by atomic mass is 32.2. The number of nitrogens with one attached hydrogen (secondary N) is 1. The summed E-state index contributed by atoms with van der Waals surface area (Å²) in [5.74, 6) is 2.02. The molecule has 2 aliphatic carbocycles. The number of nitrogens with zero attached hydrogens (tertiary/aromatic N) is 1. The lowest BCUT2D eigenvalue weighted by molar-refractivity contribution is 0.420. The number of amidine groups is 1. The van der Waals surface area contributed by atoms with E-state index in [2.05, 4.69) is 4.72 Å². The van der Waals surface area contributed by atoms with Crippen LogP contribution in [-0.2, 0) is 10.0 Å². The van der Waals surface area contributed by atoms with Gasteiger partial charge >= 0.3 is 0 Å². The maximum absolute atomic E-state index is 12.0. The molecule has 3 unspecified atom stereocenters. The van der Waals surface area contributed by atoms with E-state index < -0.39 is 10.0 Å². The van der Waals surface area contributed by atoms with E-state index in [-0.39, 0.29) is 0 Å². The molecule has 0 aromatic heterocycles. The second-order valence-electron chi connectivity index (χ2n) is 5.82. The van der Waals surface area contributed by atoms with Gasteiger partial charge in [-0.05, 0) is 43.2 Å². The molecule has 5 heteroatoms. The van der Waals surface area contributed by atoms with Gasteiger partial charge in [0.1, 0.15) is 5.84 Å². The van der Waals surface area contributed by atoms with Gasteiger partial charge in [0.15, 0.2) is 0 Å². The van der Waals surface area contributed by atoms with E-state index in [1.165, 1.54) is 19.3 Å². The molecule has 0 radical (unpaired) electrons. The quantitative estimate of drug-likeness (QED) is 0.852. The molecule has 1 aliphatic heterocycles. The summed E-state index contributed by atoms with van der Waals surface area (Å²) in [5, 5.41) is 0. The molecule has 2 bridgehead atoms. The Balaban J connectivity index is 1.74. The lowest BCUT2D eigenvalue weighted by atomic mass is 9.96. The fourth-order valence-corrected chi connectivity index (χ4v) is 5.00. The molecule has 3 aliphatic rings. The molecule has 100 valence electrons. The molecular formula is C14H16N2O2S. The lowest BCUT2D eigenvalue weighted by Gasteiger charge is -2.18. The first kappa shape index (κ1) is 11.5. The predicted molar refractivity (Wildman–Crippen MR) is 72.5 cm³/mol. The molecule has 1 heterocycles. The van der Waals surface area contributed by atoms with Crippen molar-refractivity contribution in [3.63, 3.8) is 0 Å². The van der Waals surface area contributed by atoms with Crippen LogP contribution in [-0.4, -0.2) is 20.3 Å². The van der Waals surface area contributed by atoms with Crippen molar-refractivity contribution in [1.82, 2.24) is 4.72 Å². The van der Waals surface area contributed by atoms with Gasteiger partial charge in [-0.2, -0.15) is 0 Å². The monoisotopic (exact) mass is 276 g/mol. The molecule has 4 nitrogen and oxygen atoms in total. The Labute approximate surface area is 113 Å². The Hall–Kier alpha value is -1.36. The summed E-state index contributed by atoms with van der Waals surface area (Å²) in [6.45, 7) is 0. The third kappa shape index (κ3) is 1.71. The standard InChI is InChI=1S/C14H16N2O2S/c17-19(18)13-4-2-1-3-11(13)14(16-19)15-12-8-9-5-6-10(12)7-9/h1-4,9-10,12H,5-8H2,(H,15,16). The van der Waals surface area contributed by atoms with E-state index in [0.717, 1.165) is 17.9 Å². The molecule has 2 fully saturated rings. The lowest BCUT2D eigenvalue weighted by Crippen LogP contribution is -2.25. The Bertz CT molecular complexity index is 666. The highest BCUT2D eigenvalue weighted by molar-refractivity contribution is 7.90. The maximum Gasteiger partial charge on any atom is 0.263 e. The minimum absolute atomic E-state index is 0.308. The fraction of sp³-hybridized carbons (Fsp3) is 0.500. The van der Waals surface area contributed by atoms with E-state index in [1.807, 2.05) is 12.1 Å². The Morgan fingerprint density at radius 1 is 1.16 bits per heavy atom. The van der Waals surface area contributed by atoms with Gasteiger partial charge in [0.05, 0.1) is 10.9 Å². The summed E-state index contributed by atoms with van der Waals surface area (Å²) < 4.78 is 26.6. The molecule has 3 atom stereocenters. The highest BCUT2D eigenvalue weighted by Crippen LogP contribution is 2.46. The molecular weight excluding hydrogens is 260 g/mol. The summed E-state index contributed by atoms with van der Waals surface area (Å²) in [6, 6.07) is 7.39. The van der Waals surface area contributed by atoms with Crippen LogP contribution in [0.25, 0.3) is 0 Å². The molecule has 1 aromatic rings. The van der Waals surface area contributed by atoms with Gasteiger partial charge in [-0.15, -0.1) is 0 Å². The van der Waals surface area contributed by atoms with Crippen molar-refractivity contribution in [2.24, 2.45) is 16.8 Å². The van der Waals surface area contributed by atoms with Crippen molar-refractivity contribution in [3.8, 4) is 0 Å². The number of aliphatic imine (C=N–C) groups is 1. The van der Waals surface area contributed by atoms with E-state index in [9.17, 15) is 8.42 Å². The zero-order valence-corrected chi connectivity index (χ0v) is 11.4. The highest BCUT2D eigenvalue weighted by Gasteiger charge is 2.40. The van der Waals surface area contributed by atoms with Crippen molar-refractivity contribution < 1.29 is 8.42 Å². The fourth-order valence-electron chi connectivity index (χ4n) is 3.76. The average molecular weight is 276 g/mol. The maximum atomic E-state index is 12.0. The van der Waals surface area contributed by atoms with Crippen LogP contribution in [0.1, 0.15) is 31.2 Å². The summed E-state index contributed by atoms with van der Waals surface area (Å²) in [4.78, 5) is 5.08. The number of hydrogen-bond donors (Lipinski definition) is 1. The van der Waals surface area contributed by atoms with E-state index in [4.69, 9.17) is 4.99 Å². The molecule has 0 amide bonds. The smallest absolute Gasteiger partial charge is 0.263 e. The van der Waals surface area contributed by atoms with E-state index >= 15 is 0 Å². The third-order valence-electron chi connectivity index (χ3n) is 4.66. The van der Waals surface area contributed by atoms with Crippen LogP contribution in [0, 0.1) is 11.8 Å². The van der Waals surface area contributed by atoms with E-state index in [1.54, 1.807) is 12.1 Å². The third-order valence-corrected chi connectivity index (χ3v) is 6.06. The Morgan fingerprint density at radius 2 is 2.00 bits per heavy atom. The molecule has 2 saturated carbocycles. The minimum Gasteiger partial charge on any atom is -0.264 e. The number of rotatable bonds is 1. The van der Waals surface area contributed by atoms with Gasteiger partial charge in [-0.3, -0.25) is 9.71 Å². The molecule has 4 rings (SSSR count). The predicted octanol–water partition coefficient (Wildman–Crippen LogP) is 1.91. The van der Waals surface area contributed by atoms with Gasteiger partial charge in [0, 0.05) is 5.56 Å². The number of sulfonamides is 1. The summed E-state index contributed by atoms with van der Waals surface area (Å²) in [6.07, 6.45) is 4.97. The van der Waals surface area contributed by atoms with Crippen molar-refractivity contribution in [1.29, 1.82) is 0 Å². The van der Waals surface area contributed by atoms with Crippen LogP contribution in [0.3, 0.4) is 0 Å². The zero-order valence-electron chi connectivity index (χ0n) is 10.5. The summed E-state index contributed by atoms with van der Waals surface area (Å²) in [5.41, 5.74) is 0.727. The molecule has 0 spiro atoms. The summed E-state index contributed by atoms with van der Waals surface area (Å²) >= 11 is 0. The van der Waals surface area contributed by atoms with Crippen molar-refractivity contribution in [3.05, 3.63) is 29.8 Å². The molecule has 0 saturated heterocycles. The van der Waals surface area contributed by atoms with Gasteiger partial charge in [0.25, 0.3) is 10.0 Å². The van der Waals surface area contributed by atoms with Gasteiger partial charge in [-0.1, -0.05) is 18.6 Å². The van der Waals surface area contributed by atoms with Crippen LogP contribution in [0.4, 0.5) is 0 Å². The average Bonchev–Trinajstić information content (AvgIpc) is 3.05. The van der Waals surface area contributed by atoms with Gasteiger partial charge in [0.2, 0.25) is 0 Å². The van der Waals surface area contributed by atoms with E-state index in [0.29, 0.717) is 22.7 Å². The number of hydrogen-bond acceptors (Lipinski definition) is 3. The molecule has 1 N–H and O–H groups in total. The number of fused-ring (bicyclic) bond motifs is 3.